The van der Waals surface area contributed by atoms with Gasteiger partial charge in [0.25, 0.3) is 5.91 Å². The van der Waals surface area contributed by atoms with Crippen LogP contribution in [0.2, 0.25) is 0 Å². The maximum atomic E-state index is 12.0. The fraction of sp³-hybridized carbons (Fsp3) is 0. The molecule has 0 aromatic heterocycles. The van der Waals surface area contributed by atoms with Gasteiger partial charge < -0.3 is 16.2 Å². The Balaban J connectivity index is 2.23. The van der Waals surface area contributed by atoms with Crippen LogP contribution in [0.3, 0.4) is 0 Å². The number of nitrogens with two attached hydrogens (primary N) is 1. The molecule has 4 N–H and O–H groups in total. The van der Waals surface area contributed by atoms with E-state index in [-0.39, 0.29) is 17.2 Å². The highest BCUT2D eigenvalue weighted by atomic mass is 79.9. The van der Waals surface area contributed by atoms with Gasteiger partial charge in [0.05, 0.1) is 5.56 Å². The minimum Gasteiger partial charge on any atom is -0.507 e. The van der Waals surface area contributed by atoms with Crippen LogP contribution in [0, 0.1) is 0 Å². The number of phenols is 1. The standard InChI is InChI=1S/C13H10Br2N2O2/c14-7-1-3-9(12(18)5-7)13(19)17-8-2-4-11(16)10(15)6-8/h1-6,18H,16H2,(H,17,19). The summed E-state index contributed by atoms with van der Waals surface area (Å²) in [6.07, 6.45) is 0. The van der Waals surface area contributed by atoms with Crippen LogP contribution >= 0.6 is 31.9 Å². The molecule has 4 nitrogen and oxygen atoms in total. The van der Waals surface area contributed by atoms with Crippen molar-refractivity contribution < 1.29 is 9.90 Å². The lowest BCUT2D eigenvalue weighted by Crippen LogP contribution is -2.12. The third kappa shape index (κ3) is 3.27. The molecule has 1 amide bonds. The van der Waals surface area contributed by atoms with E-state index in [1.54, 1.807) is 30.3 Å². The molecule has 19 heavy (non-hydrogen) atoms. The van der Waals surface area contributed by atoms with Crippen molar-refractivity contribution in [2.24, 2.45) is 0 Å². The van der Waals surface area contributed by atoms with Gasteiger partial charge in [0.2, 0.25) is 0 Å². The molecule has 0 radical (unpaired) electrons. The molecule has 2 rings (SSSR count). The van der Waals surface area contributed by atoms with E-state index in [4.69, 9.17) is 5.73 Å². The van der Waals surface area contributed by atoms with Crippen molar-refractivity contribution in [1.29, 1.82) is 0 Å². The number of carbonyl (C=O) groups excluding carboxylic acids is 1. The molecule has 98 valence electrons. The first kappa shape index (κ1) is 13.9. The molecule has 0 heterocycles. The molecule has 0 bridgehead atoms. The van der Waals surface area contributed by atoms with Crippen LogP contribution in [0.5, 0.6) is 5.75 Å². The zero-order chi connectivity index (χ0) is 14.0. The molecular weight excluding hydrogens is 376 g/mol. The van der Waals surface area contributed by atoms with Crippen molar-refractivity contribution in [3.63, 3.8) is 0 Å². The lowest BCUT2D eigenvalue weighted by Gasteiger charge is -2.08. The van der Waals surface area contributed by atoms with Crippen molar-refractivity contribution in [2.75, 3.05) is 11.1 Å². The first-order chi connectivity index (χ1) is 8.97. The summed E-state index contributed by atoms with van der Waals surface area (Å²) >= 11 is 6.50. The number of aromatic hydroxyl groups is 1. The van der Waals surface area contributed by atoms with Gasteiger partial charge >= 0.3 is 0 Å². The fourth-order valence-electron chi connectivity index (χ4n) is 1.50. The highest BCUT2D eigenvalue weighted by Gasteiger charge is 2.12. The lowest BCUT2D eigenvalue weighted by molar-refractivity contribution is 0.102. The Morgan fingerprint density at radius 3 is 2.53 bits per heavy atom. The van der Waals surface area contributed by atoms with Gasteiger partial charge in [-0.2, -0.15) is 0 Å². The zero-order valence-electron chi connectivity index (χ0n) is 9.65. The third-order valence-corrected chi connectivity index (χ3v) is 3.64. The van der Waals surface area contributed by atoms with Crippen LogP contribution < -0.4 is 11.1 Å². The molecule has 2 aromatic rings. The van der Waals surface area contributed by atoms with Crippen molar-refractivity contribution in [1.82, 2.24) is 0 Å². The van der Waals surface area contributed by atoms with Gasteiger partial charge in [-0.25, -0.2) is 0 Å². The second kappa shape index (κ2) is 5.63. The topological polar surface area (TPSA) is 75.3 Å². The van der Waals surface area contributed by atoms with Gasteiger partial charge in [-0.3, -0.25) is 4.79 Å². The Kier molecular flexibility index (Phi) is 4.11. The number of rotatable bonds is 2. The van der Waals surface area contributed by atoms with E-state index in [2.05, 4.69) is 37.2 Å². The van der Waals surface area contributed by atoms with E-state index in [0.717, 1.165) is 0 Å². The Morgan fingerprint density at radius 1 is 1.16 bits per heavy atom. The van der Waals surface area contributed by atoms with Gasteiger partial charge in [0.1, 0.15) is 5.75 Å². The summed E-state index contributed by atoms with van der Waals surface area (Å²) < 4.78 is 1.40. The van der Waals surface area contributed by atoms with Crippen molar-refractivity contribution in [3.8, 4) is 5.75 Å². The molecule has 0 aliphatic heterocycles. The number of benzene rings is 2. The number of anilines is 2. The van der Waals surface area contributed by atoms with Crippen LogP contribution in [-0.2, 0) is 0 Å². The molecule has 0 aliphatic rings. The average Bonchev–Trinajstić information content (AvgIpc) is 2.33. The minimum atomic E-state index is -0.387. The van der Waals surface area contributed by atoms with Crippen LogP contribution in [0.4, 0.5) is 11.4 Å². The monoisotopic (exact) mass is 384 g/mol. The molecule has 2 aromatic carbocycles. The number of amides is 1. The highest BCUT2D eigenvalue weighted by molar-refractivity contribution is 9.10. The second-order valence-electron chi connectivity index (χ2n) is 3.85. The largest absolute Gasteiger partial charge is 0.507 e. The molecular formula is C13H10Br2N2O2. The smallest absolute Gasteiger partial charge is 0.259 e. The van der Waals surface area contributed by atoms with Crippen LogP contribution in [-0.4, -0.2) is 11.0 Å². The predicted octanol–water partition coefficient (Wildman–Crippen LogP) is 3.75. The van der Waals surface area contributed by atoms with Crippen LogP contribution in [0.15, 0.2) is 45.3 Å². The normalized spacial score (nSPS) is 10.2. The average molecular weight is 386 g/mol. The summed E-state index contributed by atoms with van der Waals surface area (Å²) in [5.41, 5.74) is 7.05. The van der Waals surface area contributed by atoms with E-state index in [9.17, 15) is 9.90 Å². The molecule has 0 aliphatic carbocycles. The number of hydrogen-bond acceptors (Lipinski definition) is 3. The fourth-order valence-corrected chi connectivity index (χ4v) is 2.23. The highest BCUT2D eigenvalue weighted by Crippen LogP contribution is 2.26. The van der Waals surface area contributed by atoms with E-state index in [1.807, 2.05) is 0 Å². The maximum Gasteiger partial charge on any atom is 0.259 e. The zero-order valence-corrected chi connectivity index (χ0v) is 12.8. The lowest BCUT2D eigenvalue weighted by atomic mass is 10.2. The summed E-state index contributed by atoms with van der Waals surface area (Å²) in [6, 6.07) is 9.76. The molecule has 0 fully saturated rings. The van der Waals surface area contributed by atoms with Gasteiger partial charge in [0, 0.05) is 20.3 Å². The summed E-state index contributed by atoms with van der Waals surface area (Å²) in [7, 11) is 0. The SMILES string of the molecule is Nc1ccc(NC(=O)c2ccc(Br)cc2O)cc1Br. The van der Waals surface area contributed by atoms with Gasteiger partial charge in [-0.15, -0.1) is 0 Å². The molecule has 0 atom stereocenters. The molecule has 0 saturated heterocycles. The molecule has 0 saturated carbocycles. The van der Waals surface area contributed by atoms with Crippen LogP contribution in [0.25, 0.3) is 0 Å². The number of nitrogens with one attached hydrogen (secondary N) is 1. The van der Waals surface area contributed by atoms with E-state index in [0.29, 0.717) is 20.3 Å². The third-order valence-electron chi connectivity index (χ3n) is 2.46. The van der Waals surface area contributed by atoms with Crippen LogP contribution in [0.1, 0.15) is 10.4 Å². The summed E-state index contributed by atoms with van der Waals surface area (Å²) in [4.78, 5) is 12.0. The summed E-state index contributed by atoms with van der Waals surface area (Å²) in [5.74, 6) is -0.469. The quantitative estimate of drug-likeness (QED) is 0.689. The Hall–Kier alpha value is -1.53. The Morgan fingerprint density at radius 2 is 1.89 bits per heavy atom. The van der Waals surface area contributed by atoms with E-state index >= 15 is 0 Å². The first-order valence-electron chi connectivity index (χ1n) is 5.32. The Labute approximate surface area is 126 Å². The van der Waals surface area contributed by atoms with E-state index < -0.39 is 0 Å². The maximum absolute atomic E-state index is 12.0. The molecule has 0 unspecified atom stereocenters. The predicted molar refractivity (Wildman–Crippen MR) is 82.3 cm³/mol. The van der Waals surface area contributed by atoms with Crippen molar-refractivity contribution in [3.05, 3.63) is 50.9 Å². The number of nitrogen functional groups attached to an aromatic ring is 1. The number of phenolic OH excluding ortho intramolecular Hbond substituents is 1. The molecule has 0 spiro atoms. The second-order valence-corrected chi connectivity index (χ2v) is 5.62. The number of hydrogen-bond donors (Lipinski definition) is 3. The van der Waals surface area contributed by atoms with Crippen molar-refractivity contribution >= 4 is 49.1 Å². The summed E-state index contributed by atoms with van der Waals surface area (Å²) in [6.45, 7) is 0. The van der Waals surface area contributed by atoms with Gasteiger partial charge in [0.15, 0.2) is 0 Å². The van der Waals surface area contributed by atoms with Crippen molar-refractivity contribution in [2.45, 2.75) is 0 Å². The summed E-state index contributed by atoms with van der Waals surface area (Å²) in [5, 5.41) is 12.4. The van der Waals surface area contributed by atoms with E-state index in [1.165, 1.54) is 6.07 Å². The van der Waals surface area contributed by atoms with Gasteiger partial charge in [-0.05, 0) is 52.3 Å². The van der Waals surface area contributed by atoms with Gasteiger partial charge in [-0.1, -0.05) is 15.9 Å². The Bertz CT molecular complexity index is 645. The number of carbonyl (C=O) groups is 1. The minimum absolute atomic E-state index is 0.0821. The molecule has 6 heteroatoms. The first-order valence-corrected chi connectivity index (χ1v) is 6.91. The number of halogens is 2.